The van der Waals surface area contributed by atoms with E-state index in [0.717, 1.165) is 5.56 Å². The first kappa shape index (κ1) is 11.0. The van der Waals surface area contributed by atoms with Crippen LogP contribution < -0.4 is 5.32 Å². The topological polar surface area (TPSA) is 17.0 Å². The summed E-state index contributed by atoms with van der Waals surface area (Å²) < 4.78 is 15.0. The molecule has 0 aliphatic heterocycles. The molecule has 0 saturated carbocycles. The number of nitrogens with one attached hydrogen (secondary N) is 1. The van der Waals surface area contributed by atoms with Crippen molar-refractivity contribution in [2.75, 3.05) is 5.32 Å². The number of rotatable bonds is 3. The molecular formula is C12H12ClFN2. The summed E-state index contributed by atoms with van der Waals surface area (Å²) in [6.07, 6.45) is 3.98. The Hall–Kier alpha value is -1.48. The fourth-order valence-electron chi connectivity index (χ4n) is 1.53. The lowest BCUT2D eigenvalue weighted by molar-refractivity contribution is 0.628. The molecule has 0 atom stereocenters. The number of halogens is 2. The number of benzene rings is 1. The third-order valence-corrected chi connectivity index (χ3v) is 2.47. The molecule has 0 radical (unpaired) electrons. The van der Waals surface area contributed by atoms with E-state index in [4.69, 9.17) is 11.6 Å². The minimum atomic E-state index is -0.330. The van der Waals surface area contributed by atoms with Crippen molar-refractivity contribution in [1.29, 1.82) is 0 Å². The zero-order chi connectivity index (χ0) is 11.5. The second kappa shape index (κ2) is 4.58. The van der Waals surface area contributed by atoms with Crippen molar-refractivity contribution in [2.45, 2.75) is 6.54 Å². The van der Waals surface area contributed by atoms with Gasteiger partial charge in [0.25, 0.3) is 0 Å². The molecule has 2 aromatic rings. The van der Waals surface area contributed by atoms with Crippen molar-refractivity contribution in [2.24, 2.45) is 7.05 Å². The van der Waals surface area contributed by atoms with Crippen LogP contribution in [0.2, 0.25) is 5.02 Å². The van der Waals surface area contributed by atoms with Crippen LogP contribution in [0.3, 0.4) is 0 Å². The smallest absolute Gasteiger partial charge is 0.126 e. The predicted octanol–water partition coefficient (Wildman–Crippen LogP) is 3.43. The Kier molecular flexibility index (Phi) is 3.15. The zero-order valence-electron chi connectivity index (χ0n) is 8.87. The summed E-state index contributed by atoms with van der Waals surface area (Å²) in [5.74, 6) is -0.330. The Bertz CT molecular complexity index is 473. The largest absolute Gasteiger partial charge is 0.381 e. The Morgan fingerprint density at radius 2 is 2.19 bits per heavy atom. The number of aryl methyl sites for hydroxylation is 1. The summed E-state index contributed by atoms with van der Waals surface area (Å²) in [5.41, 5.74) is 1.83. The molecule has 2 nitrogen and oxygen atoms in total. The summed E-state index contributed by atoms with van der Waals surface area (Å²) in [5, 5.41) is 3.52. The van der Waals surface area contributed by atoms with Crippen LogP contribution in [0.1, 0.15) is 5.56 Å². The first-order valence-corrected chi connectivity index (χ1v) is 5.32. The Morgan fingerprint density at radius 1 is 1.38 bits per heavy atom. The lowest BCUT2D eigenvalue weighted by Gasteiger charge is -2.05. The molecule has 0 amide bonds. The quantitative estimate of drug-likeness (QED) is 0.867. The third-order valence-electron chi connectivity index (χ3n) is 2.25. The van der Waals surface area contributed by atoms with E-state index < -0.39 is 0 Å². The summed E-state index contributed by atoms with van der Waals surface area (Å²) >= 11 is 5.75. The average molecular weight is 239 g/mol. The zero-order valence-corrected chi connectivity index (χ0v) is 9.63. The summed E-state index contributed by atoms with van der Waals surface area (Å²) in [6, 6.07) is 6.42. The van der Waals surface area contributed by atoms with Crippen molar-refractivity contribution in [3.63, 3.8) is 0 Å². The number of aromatic nitrogens is 1. The SMILES string of the molecule is Cn1ccc(CNc2cc(F)cc(Cl)c2)c1. The molecule has 0 fully saturated rings. The molecule has 84 valence electrons. The van der Waals surface area contributed by atoms with Crippen LogP contribution in [0.15, 0.2) is 36.7 Å². The summed E-state index contributed by atoms with van der Waals surface area (Å²) in [4.78, 5) is 0. The molecule has 0 aliphatic carbocycles. The van der Waals surface area contributed by atoms with Crippen molar-refractivity contribution >= 4 is 17.3 Å². The highest BCUT2D eigenvalue weighted by Crippen LogP contribution is 2.18. The molecule has 0 unspecified atom stereocenters. The van der Waals surface area contributed by atoms with Crippen molar-refractivity contribution < 1.29 is 4.39 Å². The van der Waals surface area contributed by atoms with Gasteiger partial charge in [0.05, 0.1) is 0 Å². The van der Waals surface area contributed by atoms with Gasteiger partial charge in [-0.1, -0.05) is 11.6 Å². The van der Waals surface area contributed by atoms with E-state index in [-0.39, 0.29) is 5.82 Å². The Morgan fingerprint density at radius 3 is 2.81 bits per heavy atom. The van der Waals surface area contributed by atoms with E-state index in [0.29, 0.717) is 17.3 Å². The van der Waals surface area contributed by atoms with Gasteiger partial charge in [-0.05, 0) is 29.8 Å². The van der Waals surface area contributed by atoms with Gasteiger partial charge in [-0.2, -0.15) is 0 Å². The second-order valence-electron chi connectivity index (χ2n) is 3.70. The maximum Gasteiger partial charge on any atom is 0.126 e. The fourth-order valence-corrected chi connectivity index (χ4v) is 1.75. The molecule has 1 heterocycles. The highest BCUT2D eigenvalue weighted by molar-refractivity contribution is 6.30. The minimum absolute atomic E-state index is 0.330. The van der Waals surface area contributed by atoms with Gasteiger partial charge in [-0.25, -0.2) is 4.39 Å². The van der Waals surface area contributed by atoms with E-state index in [1.54, 1.807) is 6.07 Å². The molecule has 0 aliphatic rings. The van der Waals surface area contributed by atoms with Crippen LogP contribution >= 0.6 is 11.6 Å². The number of hydrogen-bond acceptors (Lipinski definition) is 1. The van der Waals surface area contributed by atoms with E-state index in [1.165, 1.54) is 12.1 Å². The molecule has 0 bridgehead atoms. The van der Waals surface area contributed by atoms with Gasteiger partial charge >= 0.3 is 0 Å². The maximum absolute atomic E-state index is 13.0. The van der Waals surface area contributed by atoms with Crippen LogP contribution in [0, 0.1) is 5.82 Å². The van der Waals surface area contributed by atoms with E-state index in [2.05, 4.69) is 5.32 Å². The summed E-state index contributed by atoms with van der Waals surface area (Å²) in [7, 11) is 1.96. The first-order chi connectivity index (χ1) is 7.63. The van der Waals surface area contributed by atoms with Gasteiger partial charge in [0.2, 0.25) is 0 Å². The number of hydrogen-bond donors (Lipinski definition) is 1. The van der Waals surface area contributed by atoms with Crippen LogP contribution in [-0.4, -0.2) is 4.57 Å². The van der Waals surface area contributed by atoms with E-state index in [1.807, 2.05) is 30.1 Å². The van der Waals surface area contributed by atoms with E-state index >= 15 is 0 Å². The van der Waals surface area contributed by atoms with Crippen molar-refractivity contribution in [3.8, 4) is 0 Å². The number of anilines is 1. The van der Waals surface area contributed by atoms with Gasteiger partial charge in [0.15, 0.2) is 0 Å². The Balaban J connectivity index is 2.04. The van der Waals surface area contributed by atoms with Gasteiger partial charge < -0.3 is 9.88 Å². The molecule has 0 spiro atoms. The van der Waals surface area contributed by atoms with Crippen molar-refractivity contribution in [3.05, 3.63) is 53.1 Å². The molecule has 4 heteroatoms. The molecule has 1 aromatic carbocycles. The highest BCUT2D eigenvalue weighted by atomic mass is 35.5. The normalized spacial score (nSPS) is 10.4. The van der Waals surface area contributed by atoms with Crippen LogP contribution in [-0.2, 0) is 13.6 Å². The summed E-state index contributed by atoms with van der Waals surface area (Å²) in [6.45, 7) is 0.653. The second-order valence-corrected chi connectivity index (χ2v) is 4.13. The van der Waals surface area contributed by atoms with Crippen LogP contribution in [0.25, 0.3) is 0 Å². The first-order valence-electron chi connectivity index (χ1n) is 4.94. The fraction of sp³-hybridized carbons (Fsp3) is 0.167. The lowest BCUT2D eigenvalue weighted by atomic mass is 10.3. The molecule has 1 N–H and O–H groups in total. The van der Waals surface area contributed by atoms with E-state index in [9.17, 15) is 4.39 Å². The van der Waals surface area contributed by atoms with Gasteiger partial charge in [-0.15, -0.1) is 0 Å². The van der Waals surface area contributed by atoms with Crippen LogP contribution in [0.5, 0.6) is 0 Å². The Labute approximate surface area is 98.7 Å². The van der Waals surface area contributed by atoms with Crippen LogP contribution in [0.4, 0.5) is 10.1 Å². The molecular weight excluding hydrogens is 227 g/mol. The number of nitrogens with zero attached hydrogens (tertiary/aromatic N) is 1. The average Bonchev–Trinajstić information content (AvgIpc) is 2.60. The highest BCUT2D eigenvalue weighted by Gasteiger charge is 1.99. The monoisotopic (exact) mass is 238 g/mol. The lowest BCUT2D eigenvalue weighted by Crippen LogP contribution is -1.98. The predicted molar refractivity (Wildman–Crippen MR) is 64.1 cm³/mol. The van der Waals surface area contributed by atoms with Gasteiger partial charge in [-0.3, -0.25) is 0 Å². The molecule has 0 saturated heterocycles. The molecule has 1 aromatic heterocycles. The van der Waals surface area contributed by atoms with Gasteiger partial charge in [0.1, 0.15) is 5.82 Å². The molecule has 16 heavy (non-hydrogen) atoms. The van der Waals surface area contributed by atoms with Gasteiger partial charge in [0, 0.05) is 36.7 Å². The molecule has 2 rings (SSSR count). The minimum Gasteiger partial charge on any atom is -0.381 e. The maximum atomic E-state index is 13.0. The third kappa shape index (κ3) is 2.76. The standard InChI is InChI=1S/C12H12ClFN2/c1-16-3-2-9(8-16)7-15-12-5-10(13)4-11(14)6-12/h2-6,8,15H,7H2,1H3. The van der Waals surface area contributed by atoms with Crippen molar-refractivity contribution in [1.82, 2.24) is 4.57 Å².